The summed E-state index contributed by atoms with van der Waals surface area (Å²) in [5, 5.41) is 3.87. The van der Waals surface area contributed by atoms with E-state index >= 15 is 0 Å². The number of nitrogens with zero attached hydrogens (tertiary/aromatic N) is 2. The molecule has 0 fully saturated rings. The first-order chi connectivity index (χ1) is 19.2. The number of aromatic nitrogens is 2. The summed E-state index contributed by atoms with van der Waals surface area (Å²) in [6.07, 6.45) is 3.54. The van der Waals surface area contributed by atoms with Gasteiger partial charge in [-0.3, -0.25) is 4.98 Å². The van der Waals surface area contributed by atoms with Gasteiger partial charge in [-0.1, -0.05) is 68.2 Å². The summed E-state index contributed by atoms with van der Waals surface area (Å²) < 4.78 is 46.5. The maximum atomic E-state index is 13.5. The lowest BCUT2D eigenvalue weighted by atomic mass is 9.95. The number of rotatable bonds is 12. The Bertz CT molecular complexity index is 1590. The van der Waals surface area contributed by atoms with Gasteiger partial charge in [0.1, 0.15) is 6.61 Å². The van der Waals surface area contributed by atoms with Gasteiger partial charge in [0.15, 0.2) is 11.5 Å². The lowest BCUT2D eigenvalue weighted by Crippen LogP contribution is -2.14. The molecule has 0 aliphatic carbocycles. The van der Waals surface area contributed by atoms with Gasteiger partial charge < -0.3 is 14.0 Å². The van der Waals surface area contributed by atoms with Crippen LogP contribution < -0.4 is 14.2 Å². The third kappa shape index (κ3) is 6.31. The van der Waals surface area contributed by atoms with Crippen molar-refractivity contribution in [2.24, 2.45) is 0 Å². The van der Waals surface area contributed by atoms with Gasteiger partial charge in [-0.2, -0.15) is 0 Å². The number of nitrogens with one attached hydrogen (secondary N) is 1. The highest BCUT2D eigenvalue weighted by atomic mass is 32.2. The molecule has 0 bridgehead atoms. The average Bonchev–Trinajstić information content (AvgIpc) is 3.24. The van der Waals surface area contributed by atoms with Gasteiger partial charge in [-0.25, -0.2) is 13.1 Å². The van der Waals surface area contributed by atoms with Crippen molar-refractivity contribution in [1.29, 1.82) is 0 Å². The van der Waals surface area contributed by atoms with Crippen LogP contribution in [0.4, 0.5) is 5.88 Å². The summed E-state index contributed by atoms with van der Waals surface area (Å²) >= 11 is 0. The molecule has 212 valence electrons. The Morgan fingerprint density at radius 2 is 1.68 bits per heavy atom. The topological polar surface area (TPSA) is 104 Å². The predicted molar refractivity (Wildman–Crippen MR) is 157 cm³/mol. The summed E-state index contributed by atoms with van der Waals surface area (Å²) in [6, 6.07) is 15.0. The number of hydrogen-bond donors (Lipinski definition) is 1. The molecule has 0 saturated heterocycles. The van der Waals surface area contributed by atoms with Crippen molar-refractivity contribution in [1.82, 2.24) is 10.1 Å². The Kier molecular flexibility index (Phi) is 9.14. The minimum Gasteiger partial charge on any atom is -0.491 e. The van der Waals surface area contributed by atoms with E-state index in [4.69, 9.17) is 14.0 Å². The summed E-state index contributed by atoms with van der Waals surface area (Å²) in [6.45, 7) is 10.0. The van der Waals surface area contributed by atoms with Gasteiger partial charge in [-0.05, 0) is 56.4 Å². The highest BCUT2D eigenvalue weighted by Gasteiger charge is 2.24. The molecule has 0 radical (unpaired) electrons. The molecule has 0 saturated carbocycles. The zero-order valence-electron chi connectivity index (χ0n) is 24.0. The monoisotopic (exact) mass is 563 g/mol. The molecule has 0 atom stereocenters. The number of sulfonamides is 1. The fraction of sp³-hybridized carbons (Fsp3) is 0.355. The van der Waals surface area contributed by atoms with Crippen molar-refractivity contribution in [2.45, 2.75) is 71.8 Å². The van der Waals surface area contributed by atoms with E-state index in [9.17, 15) is 8.42 Å². The second-order valence-electron chi connectivity index (χ2n) is 9.83. The normalized spacial score (nSPS) is 11.4. The van der Waals surface area contributed by atoms with Crippen molar-refractivity contribution in [3.8, 4) is 22.6 Å². The van der Waals surface area contributed by atoms with Crippen LogP contribution >= 0.6 is 0 Å². The zero-order chi connectivity index (χ0) is 28.9. The predicted octanol–water partition coefficient (Wildman–Crippen LogP) is 6.96. The Labute approximate surface area is 236 Å². The molecule has 40 heavy (non-hydrogen) atoms. The Hall–Kier alpha value is -3.85. The lowest BCUT2D eigenvalue weighted by molar-refractivity contribution is 0.282. The van der Waals surface area contributed by atoms with Crippen LogP contribution in [0.15, 0.2) is 57.9 Å². The maximum absolute atomic E-state index is 13.5. The van der Waals surface area contributed by atoms with E-state index in [-0.39, 0.29) is 10.8 Å². The van der Waals surface area contributed by atoms with Crippen LogP contribution in [0.1, 0.15) is 60.5 Å². The lowest BCUT2D eigenvalue weighted by Gasteiger charge is -2.17. The average molecular weight is 564 g/mol. The van der Waals surface area contributed by atoms with Crippen LogP contribution in [0, 0.1) is 20.8 Å². The van der Waals surface area contributed by atoms with Crippen LogP contribution in [0.2, 0.25) is 0 Å². The number of aryl methyl sites for hydroxylation is 4. The second-order valence-corrected chi connectivity index (χ2v) is 11.5. The first-order valence-corrected chi connectivity index (χ1v) is 15.0. The molecule has 4 aromatic rings. The van der Waals surface area contributed by atoms with E-state index in [1.165, 1.54) is 0 Å². The summed E-state index contributed by atoms with van der Waals surface area (Å²) in [4.78, 5) is 4.80. The molecule has 2 heterocycles. The van der Waals surface area contributed by atoms with Gasteiger partial charge in [0.25, 0.3) is 10.0 Å². The van der Waals surface area contributed by atoms with E-state index < -0.39 is 10.0 Å². The fourth-order valence-electron chi connectivity index (χ4n) is 4.68. The number of hydrogen-bond acceptors (Lipinski definition) is 7. The molecule has 0 unspecified atom stereocenters. The molecule has 1 N–H and O–H groups in total. The standard InChI is InChI=1S/C31H37N3O5S/c1-7-11-24-17-23(19-38-28-18-25(12-8-2)32-22(5)30(28)37-6)15-16-26(24)27-13-9-10-14-29(27)40(35,36)34-31-20(3)21(4)33-39-31/h9-10,13-18,34H,7-8,11-12,19H2,1-6H3. The van der Waals surface area contributed by atoms with E-state index in [1.54, 1.807) is 33.1 Å². The molecular formula is C31H37N3O5S. The van der Waals surface area contributed by atoms with Crippen LogP contribution in [-0.2, 0) is 29.5 Å². The summed E-state index contributed by atoms with van der Waals surface area (Å²) in [5.74, 6) is 1.42. The smallest absolute Gasteiger partial charge is 0.264 e. The zero-order valence-corrected chi connectivity index (χ0v) is 24.8. The molecular weight excluding hydrogens is 526 g/mol. The van der Waals surface area contributed by atoms with Crippen LogP contribution in [0.5, 0.6) is 11.5 Å². The van der Waals surface area contributed by atoms with Crippen molar-refractivity contribution in [3.63, 3.8) is 0 Å². The van der Waals surface area contributed by atoms with Crippen molar-refractivity contribution >= 4 is 15.9 Å². The Morgan fingerprint density at radius 3 is 2.35 bits per heavy atom. The third-order valence-electron chi connectivity index (χ3n) is 6.81. The van der Waals surface area contributed by atoms with Gasteiger partial charge in [0.05, 0.1) is 23.4 Å². The minimum absolute atomic E-state index is 0.123. The summed E-state index contributed by atoms with van der Waals surface area (Å²) in [7, 11) is -2.32. The maximum Gasteiger partial charge on any atom is 0.264 e. The van der Waals surface area contributed by atoms with Gasteiger partial charge in [0.2, 0.25) is 5.88 Å². The van der Waals surface area contributed by atoms with Crippen molar-refractivity contribution < 1.29 is 22.4 Å². The van der Waals surface area contributed by atoms with Crippen molar-refractivity contribution in [3.05, 3.63) is 82.3 Å². The van der Waals surface area contributed by atoms with E-state index in [0.717, 1.165) is 53.8 Å². The molecule has 9 heteroatoms. The molecule has 2 aromatic heterocycles. The van der Waals surface area contributed by atoms with Crippen LogP contribution in [0.25, 0.3) is 11.1 Å². The Balaban J connectivity index is 1.66. The SMILES string of the molecule is CCCc1cc(OCc2ccc(-c3ccccc3S(=O)(=O)Nc3onc(C)c3C)c(CCC)c2)c(OC)c(C)n1. The number of ether oxygens (including phenoxy) is 2. The third-order valence-corrected chi connectivity index (χ3v) is 8.20. The number of anilines is 1. The largest absolute Gasteiger partial charge is 0.491 e. The van der Waals surface area contributed by atoms with E-state index in [2.05, 4.69) is 34.8 Å². The first-order valence-electron chi connectivity index (χ1n) is 13.5. The number of methoxy groups -OCH3 is 1. The second kappa shape index (κ2) is 12.6. The highest BCUT2D eigenvalue weighted by Crippen LogP contribution is 2.35. The van der Waals surface area contributed by atoms with Crippen molar-refractivity contribution in [2.75, 3.05) is 11.8 Å². The molecule has 2 aromatic carbocycles. The molecule has 0 aliphatic heterocycles. The summed E-state index contributed by atoms with van der Waals surface area (Å²) in [5.41, 5.74) is 6.56. The molecule has 0 aliphatic rings. The molecule has 0 amide bonds. The van der Waals surface area contributed by atoms with Crippen LogP contribution in [-0.4, -0.2) is 25.7 Å². The molecule has 0 spiro atoms. The van der Waals surface area contributed by atoms with Gasteiger partial charge >= 0.3 is 0 Å². The van der Waals surface area contributed by atoms with Gasteiger partial charge in [0, 0.05) is 22.9 Å². The number of pyridine rings is 1. The highest BCUT2D eigenvalue weighted by molar-refractivity contribution is 7.92. The molecule has 8 nitrogen and oxygen atoms in total. The van der Waals surface area contributed by atoms with Gasteiger partial charge in [-0.15, -0.1) is 0 Å². The first kappa shape index (κ1) is 29.1. The fourth-order valence-corrected chi connectivity index (χ4v) is 5.95. The quantitative estimate of drug-likeness (QED) is 0.199. The number of benzene rings is 2. The van der Waals surface area contributed by atoms with E-state index in [1.807, 2.05) is 37.3 Å². The molecule has 4 rings (SSSR count). The Morgan fingerprint density at radius 1 is 0.925 bits per heavy atom. The van der Waals surface area contributed by atoms with E-state index in [0.29, 0.717) is 34.9 Å². The minimum atomic E-state index is -3.94. The van der Waals surface area contributed by atoms with Crippen LogP contribution in [0.3, 0.4) is 0 Å².